The summed E-state index contributed by atoms with van der Waals surface area (Å²) in [6.45, 7) is 1.92. The van der Waals surface area contributed by atoms with Crippen molar-refractivity contribution in [1.82, 2.24) is 34.1 Å². The highest BCUT2D eigenvalue weighted by Gasteiger charge is 2.35. The van der Waals surface area contributed by atoms with E-state index in [0.717, 1.165) is 60.7 Å². The Hall–Kier alpha value is -5.64. The molecule has 0 aliphatic carbocycles. The number of nitrogens with zero attached hydrogens (tertiary/aromatic N) is 7. The Labute approximate surface area is 261 Å². The third-order valence-corrected chi connectivity index (χ3v) is 8.78. The molecule has 226 valence electrons. The van der Waals surface area contributed by atoms with Gasteiger partial charge in [0.25, 0.3) is 0 Å². The van der Waals surface area contributed by atoms with Crippen molar-refractivity contribution in [3.8, 4) is 22.4 Å². The van der Waals surface area contributed by atoms with Crippen molar-refractivity contribution in [2.24, 2.45) is 14.1 Å². The summed E-state index contributed by atoms with van der Waals surface area (Å²) < 4.78 is 47.8. The van der Waals surface area contributed by atoms with Crippen LogP contribution in [-0.4, -0.2) is 34.1 Å². The van der Waals surface area contributed by atoms with Crippen LogP contribution in [0.15, 0.2) is 91.8 Å². The number of halogens is 3. The van der Waals surface area contributed by atoms with E-state index in [4.69, 9.17) is 4.98 Å². The lowest BCUT2D eigenvalue weighted by molar-refractivity contribution is -0.138. The van der Waals surface area contributed by atoms with Gasteiger partial charge in [-0.25, -0.2) is 4.98 Å². The van der Waals surface area contributed by atoms with Crippen molar-refractivity contribution in [2.75, 3.05) is 0 Å². The molecular weight excluding hydrogens is 587 g/mol. The van der Waals surface area contributed by atoms with Gasteiger partial charge >= 0.3 is 6.18 Å². The minimum Gasteiger partial charge on any atom is -0.343 e. The van der Waals surface area contributed by atoms with Crippen LogP contribution >= 0.6 is 0 Å². The monoisotopic (exact) mass is 613 g/mol. The molecule has 0 fully saturated rings. The predicted molar refractivity (Wildman–Crippen MR) is 173 cm³/mol. The van der Waals surface area contributed by atoms with Crippen LogP contribution in [0.3, 0.4) is 0 Å². The fourth-order valence-corrected chi connectivity index (χ4v) is 6.56. The number of alkyl halides is 3. The number of aromatic nitrogens is 7. The standard InChI is InChI=1S/C36H26F3N7/c1-20-12-22(8-11-42-20)30-7-6-26-28-19-41-16-24(34(28)46(3)35(26)44-30)14-31-29(36(37,38)39)13-23(17-43-31)21-4-5-25-27-18-40-10-9-32(27)45(2)33(25)15-21/h4-13,15-19H,14H2,1-3H3. The van der Waals surface area contributed by atoms with Gasteiger partial charge in [-0.1, -0.05) is 12.1 Å². The third kappa shape index (κ3) is 4.40. The van der Waals surface area contributed by atoms with Gasteiger partial charge in [0, 0.05) is 107 Å². The minimum absolute atomic E-state index is 0.0464. The van der Waals surface area contributed by atoms with Crippen molar-refractivity contribution in [2.45, 2.75) is 19.5 Å². The maximum Gasteiger partial charge on any atom is 0.418 e. The molecule has 0 aliphatic rings. The Kier molecular flexibility index (Phi) is 6.18. The van der Waals surface area contributed by atoms with Crippen molar-refractivity contribution >= 4 is 43.7 Å². The smallest absolute Gasteiger partial charge is 0.343 e. The molecule has 7 nitrogen and oxygen atoms in total. The minimum atomic E-state index is -4.60. The van der Waals surface area contributed by atoms with Crippen LogP contribution in [0.5, 0.6) is 0 Å². The molecule has 0 saturated heterocycles. The molecule has 7 heterocycles. The van der Waals surface area contributed by atoms with E-state index in [1.54, 1.807) is 31.0 Å². The summed E-state index contributed by atoms with van der Waals surface area (Å²) in [5.74, 6) is 0. The second-order valence-electron chi connectivity index (χ2n) is 11.6. The van der Waals surface area contributed by atoms with Crippen LogP contribution in [0.25, 0.3) is 66.1 Å². The first kappa shape index (κ1) is 27.9. The van der Waals surface area contributed by atoms with Crippen LogP contribution < -0.4 is 0 Å². The van der Waals surface area contributed by atoms with Gasteiger partial charge in [-0.15, -0.1) is 0 Å². The molecule has 10 heteroatoms. The zero-order chi connectivity index (χ0) is 31.7. The summed E-state index contributed by atoms with van der Waals surface area (Å²) >= 11 is 0. The number of hydrogen-bond donors (Lipinski definition) is 0. The summed E-state index contributed by atoms with van der Waals surface area (Å²) in [5.41, 5.74) is 6.86. The average Bonchev–Trinajstić information content (AvgIpc) is 3.51. The van der Waals surface area contributed by atoms with E-state index in [-0.39, 0.29) is 12.1 Å². The van der Waals surface area contributed by atoms with E-state index in [0.29, 0.717) is 16.7 Å². The molecule has 0 amide bonds. The first-order chi connectivity index (χ1) is 22.2. The maximum absolute atomic E-state index is 14.6. The second-order valence-corrected chi connectivity index (χ2v) is 11.6. The Balaban J connectivity index is 1.22. The lowest BCUT2D eigenvalue weighted by Gasteiger charge is -2.15. The van der Waals surface area contributed by atoms with Gasteiger partial charge in [0.15, 0.2) is 0 Å². The molecule has 0 aliphatic heterocycles. The zero-order valence-electron chi connectivity index (χ0n) is 25.1. The first-order valence-corrected chi connectivity index (χ1v) is 14.7. The Morgan fingerprint density at radius 3 is 2.33 bits per heavy atom. The van der Waals surface area contributed by atoms with Gasteiger partial charge in [-0.05, 0) is 55.0 Å². The largest absolute Gasteiger partial charge is 0.418 e. The van der Waals surface area contributed by atoms with Crippen LogP contribution in [0.4, 0.5) is 13.2 Å². The Morgan fingerprint density at radius 2 is 1.50 bits per heavy atom. The number of benzene rings is 1. The molecule has 0 N–H and O–H groups in total. The fraction of sp³-hybridized carbons (Fsp3) is 0.139. The molecule has 8 rings (SSSR count). The first-order valence-electron chi connectivity index (χ1n) is 14.7. The molecule has 0 spiro atoms. The molecule has 46 heavy (non-hydrogen) atoms. The number of hydrogen-bond acceptors (Lipinski definition) is 5. The van der Waals surface area contributed by atoms with Gasteiger partial charge in [0.1, 0.15) is 5.65 Å². The summed E-state index contributed by atoms with van der Waals surface area (Å²) in [6.07, 6.45) is 5.50. The molecule has 0 radical (unpaired) electrons. The van der Waals surface area contributed by atoms with E-state index < -0.39 is 11.7 Å². The highest BCUT2D eigenvalue weighted by molar-refractivity contribution is 6.09. The number of pyridine rings is 5. The summed E-state index contributed by atoms with van der Waals surface area (Å²) in [5, 5.41) is 3.68. The predicted octanol–water partition coefficient (Wildman–Crippen LogP) is 8.20. The van der Waals surface area contributed by atoms with Gasteiger partial charge in [-0.2, -0.15) is 13.2 Å². The summed E-state index contributed by atoms with van der Waals surface area (Å²) in [7, 11) is 3.82. The lowest BCUT2D eigenvalue weighted by Crippen LogP contribution is -2.12. The number of aryl methyl sites for hydroxylation is 3. The van der Waals surface area contributed by atoms with Gasteiger partial charge in [-0.3, -0.25) is 19.9 Å². The van der Waals surface area contributed by atoms with E-state index in [2.05, 4.69) is 19.9 Å². The number of fused-ring (bicyclic) bond motifs is 6. The Bertz CT molecular complexity index is 2490. The zero-order valence-corrected chi connectivity index (χ0v) is 25.1. The van der Waals surface area contributed by atoms with Crippen LogP contribution in [0, 0.1) is 6.92 Å². The van der Waals surface area contributed by atoms with E-state index in [9.17, 15) is 13.2 Å². The SMILES string of the molecule is Cc1cc(-c2ccc3c4cncc(Cc5ncc(-c6ccc7c8cnccc8n(C)c7c6)cc5C(F)(F)F)c4n(C)c3n2)ccn1. The molecule has 7 aromatic heterocycles. The molecular formula is C36H26F3N7. The van der Waals surface area contributed by atoms with Crippen LogP contribution in [-0.2, 0) is 26.7 Å². The van der Waals surface area contributed by atoms with Gasteiger partial charge in [0.05, 0.1) is 28.0 Å². The maximum atomic E-state index is 14.6. The molecule has 1 aromatic carbocycles. The van der Waals surface area contributed by atoms with E-state index in [1.807, 2.05) is 78.7 Å². The van der Waals surface area contributed by atoms with Crippen molar-refractivity contribution in [3.05, 3.63) is 114 Å². The lowest BCUT2D eigenvalue weighted by atomic mass is 9.99. The normalized spacial score (nSPS) is 12.2. The highest BCUT2D eigenvalue weighted by atomic mass is 19.4. The van der Waals surface area contributed by atoms with Crippen molar-refractivity contribution in [3.63, 3.8) is 0 Å². The van der Waals surface area contributed by atoms with Crippen LogP contribution in [0.2, 0.25) is 0 Å². The molecule has 8 aromatic rings. The van der Waals surface area contributed by atoms with Crippen molar-refractivity contribution in [1.29, 1.82) is 0 Å². The summed E-state index contributed by atoms with van der Waals surface area (Å²) in [6, 6.07) is 16.6. The fourth-order valence-electron chi connectivity index (χ4n) is 6.56. The quantitative estimate of drug-likeness (QED) is 0.200. The van der Waals surface area contributed by atoms with Gasteiger partial charge < -0.3 is 9.13 Å². The Morgan fingerprint density at radius 1 is 0.674 bits per heavy atom. The van der Waals surface area contributed by atoms with Crippen molar-refractivity contribution < 1.29 is 13.2 Å². The van der Waals surface area contributed by atoms with Crippen LogP contribution in [0.1, 0.15) is 22.5 Å². The molecule has 0 atom stereocenters. The van der Waals surface area contributed by atoms with Gasteiger partial charge in [0.2, 0.25) is 0 Å². The summed E-state index contributed by atoms with van der Waals surface area (Å²) in [4.78, 5) is 22.3. The topological polar surface area (TPSA) is 74.3 Å². The molecule has 0 saturated carbocycles. The molecule has 0 unspecified atom stereocenters. The molecule has 0 bridgehead atoms. The third-order valence-electron chi connectivity index (χ3n) is 8.78. The van der Waals surface area contributed by atoms with E-state index in [1.165, 1.54) is 12.3 Å². The number of rotatable bonds is 4. The highest BCUT2D eigenvalue weighted by Crippen LogP contribution is 2.38. The van der Waals surface area contributed by atoms with E-state index >= 15 is 0 Å². The second kappa shape index (κ2) is 10.2. The average molecular weight is 614 g/mol.